The van der Waals surface area contributed by atoms with Crippen LogP contribution in [0.5, 0.6) is 0 Å². The van der Waals surface area contributed by atoms with Crippen molar-refractivity contribution in [2.45, 2.75) is 51.1 Å². The molecular formula is C12H26N2O. The average molecular weight is 214 g/mol. The van der Waals surface area contributed by atoms with E-state index >= 15 is 0 Å². The molecule has 3 heteroatoms. The van der Waals surface area contributed by atoms with E-state index < -0.39 is 0 Å². The summed E-state index contributed by atoms with van der Waals surface area (Å²) in [6, 6.07) is 1.36. The van der Waals surface area contributed by atoms with Crippen LogP contribution in [0.2, 0.25) is 0 Å². The van der Waals surface area contributed by atoms with Crippen LogP contribution in [0.4, 0.5) is 0 Å². The fraction of sp³-hybridized carbons (Fsp3) is 1.00. The van der Waals surface area contributed by atoms with Crippen LogP contribution in [0.1, 0.15) is 39.0 Å². The summed E-state index contributed by atoms with van der Waals surface area (Å²) in [6.45, 7) is 5.42. The lowest BCUT2D eigenvalue weighted by molar-refractivity contribution is 0.192. The van der Waals surface area contributed by atoms with Gasteiger partial charge in [-0.3, -0.25) is 0 Å². The Kier molecular flexibility index (Phi) is 6.98. The van der Waals surface area contributed by atoms with Crippen LogP contribution in [0.25, 0.3) is 0 Å². The van der Waals surface area contributed by atoms with E-state index in [0.29, 0.717) is 6.04 Å². The minimum Gasteiger partial charge on any atom is -0.385 e. The topological polar surface area (TPSA) is 33.3 Å². The molecule has 90 valence electrons. The number of piperidine rings is 1. The molecule has 15 heavy (non-hydrogen) atoms. The summed E-state index contributed by atoms with van der Waals surface area (Å²) < 4.78 is 5.02. The second-order valence-corrected chi connectivity index (χ2v) is 4.58. The van der Waals surface area contributed by atoms with Crippen LogP contribution in [-0.2, 0) is 4.74 Å². The Morgan fingerprint density at radius 1 is 1.47 bits per heavy atom. The zero-order valence-electron chi connectivity index (χ0n) is 10.2. The maximum atomic E-state index is 5.02. The van der Waals surface area contributed by atoms with Gasteiger partial charge in [-0.25, -0.2) is 0 Å². The summed E-state index contributed by atoms with van der Waals surface area (Å²) >= 11 is 0. The number of methoxy groups -OCH3 is 1. The third-order valence-electron chi connectivity index (χ3n) is 3.07. The predicted octanol–water partition coefficient (Wildman–Crippen LogP) is 1.53. The quantitative estimate of drug-likeness (QED) is 0.631. The summed E-state index contributed by atoms with van der Waals surface area (Å²) in [7, 11) is 1.76. The zero-order chi connectivity index (χ0) is 10.9. The van der Waals surface area contributed by atoms with Gasteiger partial charge >= 0.3 is 0 Å². The molecule has 0 saturated carbocycles. The molecule has 0 aromatic heterocycles. The molecule has 2 N–H and O–H groups in total. The van der Waals surface area contributed by atoms with Crippen LogP contribution in [-0.4, -0.2) is 38.9 Å². The van der Waals surface area contributed by atoms with Crippen molar-refractivity contribution >= 4 is 0 Å². The van der Waals surface area contributed by atoms with Gasteiger partial charge in [0.05, 0.1) is 0 Å². The predicted molar refractivity (Wildman–Crippen MR) is 64.2 cm³/mol. The minimum absolute atomic E-state index is 0.623. The second kappa shape index (κ2) is 8.08. The molecule has 1 fully saturated rings. The Labute approximate surface area is 94.0 Å². The lowest BCUT2D eigenvalue weighted by Crippen LogP contribution is -2.40. The molecule has 3 nitrogen and oxygen atoms in total. The minimum atomic E-state index is 0.623. The Morgan fingerprint density at radius 3 is 3.00 bits per heavy atom. The van der Waals surface area contributed by atoms with Crippen LogP contribution in [0, 0.1) is 0 Å². The van der Waals surface area contributed by atoms with Gasteiger partial charge in [-0.15, -0.1) is 0 Å². The van der Waals surface area contributed by atoms with Crippen molar-refractivity contribution < 1.29 is 4.74 Å². The summed E-state index contributed by atoms with van der Waals surface area (Å²) in [5.41, 5.74) is 0. The third kappa shape index (κ3) is 6.13. The summed E-state index contributed by atoms with van der Waals surface area (Å²) in [5.74, 6) is 0. The molecule has 2 unspecified atom stereocenters. The SMILES string of the molecule is COCCCNC(C)CC1CCCCN1. The second-order valence-electron chi connectivity index (χ2n) is 4.58. The molecule has 1 rings (SSSR count). The number of hydrogen-bond donors (Lipinski definition) is 2. The maximum absolute atomic E-state index is 5.02. The first-order valence-electron chi connectivity index (χ1n) is 6.28. The van der Waals surface area contributed by atoms with Gasteiger partial charge in [-0.1, -0.05) is 6.42 Å². The van der Waals surface area contributed by atoms with Gasteiger partial charge in [0.25, 0.3) is 0 Å². The fourth-order valence-electron chi connectivity index (χ4n) is 2.20. The standard InChI is InChI=1S/C12H26N2O/c1-11(13-8-5-9-15-2)10-12-6-3-4-7-14-12/h11-14H,3-10H2,1-2H3. The van der Waals surface area contributed by atoms with Gasteiger partial charge in [0, 0.05) is 25.8 Å². The van der Waals surface area contributed by atoms with E-state index in [4.69, 9.17) is 4.74 Å². The number of nitrogens with one attached hydrogen (secondary N) is 2. The van der Waals surface area contributed by atoms with Crippen molar-refractivity contribution in [3.05, 3.63) is 0 Å². The maximum Gasteiger partial charge on any atom is 0.0474 e. The van der Waals surface area contributed by atoms with Crippen molar-refractivity contribution in [3.63, 3.8) is 0 Å². The molecule has 0 aliphatic carbocycles. The first-order chi connectivity index (χ1) is 7.33. The van der Waals surface area contributed by atoms with Gasteiger partial charge in [-0.05, 0) is 45.7 Å². The van der Waals surface area contributed by atoms with E-state index in [1.807, 2.05) is 0 Å². The molecule has 2 atom stereocenters. The average Bonchev–Trinajstić information content (AvgIpc) is 2.26. The van der Waals surface area contributed by atoms with Gasteiger partial charge in [0.15, 0.2) is 0 Å². The van der Waals surface area contributed by atoms with Crippen LogP contribution < -0.4 is 10.6 Å². The van der Waals surface area contributed by atoms with E-state index in [9.17, 15) is 0 Å². The number of hydrogen-bond acceptors (Lipinski definition) is 3. The molecule has 0 spiro atoms. The summed E-state index contributed by atoms with van der Waals surface area (Å²) in [4.78, 5) is 0. The van der Waals surface area contributed by atoms with Crippen molar-refractivity contribution in [1.29, 1.82) is 0 Å². The first kappa shape index (κ1) is 12.9. The molecule has 0 aromatic rings. The lowest BCUT2D eigenvalue weighted by atomic mass is 9.99. The number of ether oxygens (including phenoxy) is 1. The first-order valence-corrected chi connectivity index (χ1v) is 6.28. The van der Waals surface area contributed by atoms with Crippen molar-refractivity contribution in [2.24, 2.45) is 0 Å². The van der Waals surface area contributed by atoms with E-state index in [0.717, 1.165) is 25.6 Å². The van der Waals surface area contributed by atoms with Gasteiger partial charge in [-0.2, -0.15) is 0 Å². The molecule has 1 aliphatic heterocycles. The van der Waals surface area contributed by atoms with Crippen LogP contribution >= 0.6 is 0 Å². The van der Waals surface area contributed by atoms with Crippen molar-refractivity contribution in [1.82, 2.24) is 10.6 Å². The van der Waals surface area contributed by atoms with E-state index in [2.05, 4.69) is 17.6 Å². The molecule has 0 amide bonds. The Balaban J connectivity index is 1.98. The van der Waals surface area contributed by atoms with Crippen molar-refractivity contribution in [2.75, 3.05) is 26.8 Å². The number of rotatable bonds is 7. The highest BCUT2D eigenvalue weighted by molar-refractivity contribution is 4.76. The monoisotopic (exact) mass is 214 g/mol. The van der Waals surface area contributed by atoms with Gasteiger partial charge in [0.1, 0.15) is 0 Å². The van der Waals surface area contributed by atoms with E-state index in [1.165, 1.54) is 32.2 Å². The largest absolute Gasteiger partial charge is 0.385 e. The summed E-state index contributed by atoms with van der Waals surface area (Å²) in [5, 5.41) is 7.13. The zero-order valence-corrected chi connectivity index (χ0v) is 10.2. The molecule has 0 aromatic carbocycles. The van der Waals surface area contributed by atoms with Crippen molar-refractivity contribution in [3.8, 4) is 0 Å². The molecule has 1 heterocycles. The van der Waals surface area contributed by atoms with Gasteiger partial charge < -0.3 is 15.4 Å². The Morgan fingerprint density at radius 2 is 2.33 bits per heavy atom. The molecule has 0 radical (unpaired) electrons. The normalized spacial score (nSPS) is 24.0. The smallest absolute Gasteiger partial charge is 0.0474 e. The fourth-order valence-corrected chi connectivity index (χ4v) is 2.20. The van der Waals surface area contributed by atoms with E-state index in [-0.39, 0.29) is 0 Å². The highest BCUT2D eigenvalue weighted by Crippen LogP contribution is 2.11. The lowest BCUT2D eigenvalue weighted by Gasteiger charge is -2.26. The molecule has 1 aliphatic rings. The van der Waals surface area contributed by atoms with E-state index in [1.54, 1.807) is 7.11 Å². The molecule has 1 saturated heterocycles. The highest BCUT2D eigenvalue weighted by Gasteiger charge is 2.14. The summed E-state index contributed by atoms with van der Waals surface area (Å²) in [6.07, 6.45) is 6.47. The highest BCUT2D eigenvalue weighted by atomic mass is 16.5. The molecular weight excluding hydrogens is 188 g/mol. The molecule has 0 bridgehead atoms. The van der Waals surface area contributed by atoms with Crippen LogP contribution in [0.15, 0.2) is 0 Å². The Hall–Kier alpha value is -0.120. The third-order valence-corrected chi connectivity index (χ3v) is 3.07. The Bertz CT molecular complexity index is 147. The van der Waals surface area contributed by atoms with Gasteiger partial charge in [0.2, 0.25) is 0 Å². The van der Waals surface area contributed by atoms with Crippen LogP contribution in [0.3, 0.4) is 0 Å².